The summed E-state index contributed by atoms with van der Waals surface area (Å²) in [5.41, 5.74) is 1.00. The molecule has 7 heteroatoms. The van der Waals surface area contributed by atoms with E-state index in [1.807, 2.05) is 12.3 Å². The van der Waals surface area contributed by atoms with E-state index in [1.54, 1.807) is 31.6 Å². The Bertz CT molecular complexity index is 510. The van der Waals surface area contributed by atoms with Crippen LogP contribution in [-0.4, -0.2) is 55.5 Å². The molecule has 1 aromatic rings. The number of nitrogens with one attached hydrogen (secondary N) is 2. The molecular weight excluding hydrogens is 298 g/mol. The fourth-order valence-electron chi connectivity index (χ4n) is 1.51. The van der Waals surface area contributed by atoms with E-state index in [2.05, 4.69) is 34.1 Å². The van der Waals surface area contributed by atoms with Gasteiger partial charge < -0.3 is 15.5 Å². The highest BCUT2D eigenvalue weighted by atomic mass is 32.1. The van der Waals surface area contributed by atoms with Crippen LogP contribution in [0.1, 0.15) is 24.8 Å². The second kappa shape index (κ2) is 9.19. The van der Waals surface area contributed by atoms with E-state index in [-0.39, 0.29) is 18.4 Å². The Hall–Kier alpha value is -1.89. The number of nitrogens with zero attached hydrogens (tertiary/aromatic N) is 3. The van der Waals surface area contributed by atoms with Crippen LogP contribution < -0.4 is 10.6 Å². The monoisotopic (exact) mass is 323 g/mol. The molecule has 0 spiro atoms. The first-order valence-corrected chi connectivity index (χ1v) is 8.04. The van der Waals surface area contributed by atoms with Gasteiger partial charge in [-0.05, 0) is 6.92 Å². The van der Waals surface area contributed by atoms with Crippen molar-refractivity contribution in [1.29, 1.82) is 0 Å². The van der Waals surface area contributed by atoms with E-state index in [4.69, 9.17) is 0 Å². The van der Waals surface area contributed by atoms with Crippen molar-refractivity contribution in [2.45, 2.75) is 19.8 Å². The lowest BCUT2D eigenvalue weighted by molar-refractivity contribution is -0.127. The molecule has 0 aromatic carbocycles. The van der Waals surface area contributed by atoms with Crippen LogP contribution in [0, 0.1) is 0 Å². The quantitative estimate of drug-likeness (QED) is 0.453. The zero-order valence-corrected chi connectivity index (χ0v) is 14.5. The van der Waals surface area contributed by atoms with Gasteiger partial charge in [0.1, 0.15) is 6.54 Å². The van der Waals surface area contributed by atoms with Crippen molar-refractivity contribution in [2.75, 3.05) is 33.7 Å². The topological polar surface area (TPSA) is 69.6 Å². The molecule has 6 nitrogen and oxygen atoms in total. The number of aliphatic imine (C=N–C) groups is 1. The number of hydrogen-bond acceptors (Lipinski definition) is 4. The summed E-state index contributed by atoms with van der Waals surface area (Å²) in [7, 11) is 3.44. The summed E-state index contributed by atoms with van der Waals surface area (Å²) in [6, 6.07) is 0. The highest BCUT2D eigenvalue weighted by Crippen LogP contribution is 2.16. The van der Waals surface area contributed by atoms with E-state index in [1.165, 1.54) is 4.90 Å². The molecule has 0 fully saturated rings. The van der Waals surface area contributed by atoms with Gasteiger partial charge >= 0.3 is 0 Å². The highest BCUT2D eigenvalue weighted by molar-refractivity contribution is 7.09. The molecule has 2 N–H and O–H groups in total. The van der Waals surface area contributed by atoms with Crippen LogP contribution >= 0.6 is 11.3 Å². The SMILES string of the molecule is C=C(C)CNC(=NCC(=O)N(C)C)NCC(C)c1nccs1. The van der Waals surface area contributed by atoms with Gasteiger partial charge in [0.05, 0.1) is 5.01 Å². The average Bonchev–Trinajstić information content (AvgIpc) is 2.99. The van der Waals surface area contributed by atoms with Crippen LogP contribution in [0.5, 0.6) is 0 Å². The van der Waals surface area contributed by atoms with Gasteiger partial charge in [-0.15, -0.1) is 11.3 Å². The summed E-state index contributed by atoms with van der Waals surface area (Å²) < 4.78 is 0. The Labute approximate surface area is 136 Å². The van der Waals surface area contributed by atoms with E-state index in [0.717, 1.165) is 10.6 Å². The summed E-state index contributed by atoms with van der Waals surface area (Å²) in [6.45, 7) is 9.33. The molecule has 0 aliphatic carbocycles. The molecule has 122 valence electrons. The van der Waals surface area contributed by atoms with E-state index in [0.29, 0.717) is 19.0 Å². The van der Waals surface area contributed by atoms with Crippen LogP contribution in [0.15, 0.2) is 28.7 Å². The van der Waals surface area contributed by atoms with Crippen molar-refractivity contribution >= 4 is 23.2 Å². The van der Waals surface area contributed by atoms with Crippen LogP contribution in [0.3, 0.4) is 0 Å². The Morgan fingerprint density at radius 1 is 1.50 bits per heavy atom. The number of likely N-dealkylation sites (N-methyl/N-ethyl adjacent to an activating group) is 1. The molecule has 1 amide bonds. The predicted octanol–water partition coefficient (Wildman–Crippen LogP) is 1.45. The fourth-order valence-corrected chi connectivity index (χ4v) is 2.21. The molecule has 0 radical (unpaired) electrons. The third kappa shape index (κ3) is 6.71. The van der Waals surface area contributed by atoms with Crippen molar-refractivity contribution in [3.63, 3.8) is 0 Å². The zero-order valence-electron chi connectivity index (χ0n) is 13.7. The molecule has 1 aromatic heterocycles. The standard InChI is InChI=1S/C15H25N5OS/c1-11(2)8-17-15(19-10-13(21)20(4)5)18-9-12(3)14-16-6-7-22-14/h6-7,12H,1,8-10H2,2-5H3,(H2,17,18,19). The molecule has 22 heavy (non-hydrogen) atoms. The third-order valence-electron chi connectivity index (χ3n) is 2.88. The number of aromatic nitrogens is 1. The third-order valence-corrected chi connectivity index (χ3v) is 3.88. The van der Waals surface area contributed by atoms with Gasteiger partial charge in [-0.2, -0.15) is 0 Å². The maximum absolute atomic E-state index is 11.6. The normalized spacial score (nSPS) is 12.6. The molecular formula is C15H25N5OS. The number of hydrogen-bond donors (Lipinski definition) is 2. The Balaban J connectivity index is 2.58. The first-order chi connectivity index (χ1) is 10.4. The van der Waals surface area contributed by atoms with Gasteiger partial charge in [-0.1, -0.05) is 19.1 Å². The van der Waals surface area contributed by atoms with Gasteiger partial charge in [-0.3, -0.25) is 4.79 Å². The van der Waals surface area contributed by atoms with Crippen molar-refractivity contribution < 1.29 is 4.79 Å². The minimum atomic E-state index is -0.0376. The molecule has 0 bridgehead atoms. The number of thiazole rings is 1. The van der Waals surface area contributed by atoms with Crippen molar-refractivity contribution in [1.82, 2.24) is 20.5 Å². The summed E-state index contributed by atoms with van der Waals surface area (Å²) in [5.74, 6) is 0.854. The predicted molar refractivity (Wildman–Crippen MR) is 92.3 cm³/mol. The number of amides is 1. The first-order valence-electron chi connectivity index (χ1n) is 7.16. The number of carbonyl (C=O) groups is 1. The molecule has 1 unspecified atom stereocenters. The van der Waals surface area contributed by atoms with Crippen LogP contribution in [0.2, 0.25) is 0 Å². The molecule has 1 atom stereocenters. The van der Waals surface area contributed by atoms with Gasteiger partial charge in [0.15, 0.2) is 5.96 Å². The largest absolute Gasteiger partial charge is 0.356 e. The second-order valence-electron chi connectivity index (χ2n) is 5.42. The lowest BCUT2D eigenvalue weighted by Crippen LogP contribution is -2.40. The molecule has 1 rings (SSSR count). The average molecular weight is 323 g/mol. The van der Waals surface area contributed by atoms with Gasteiger partial charge in [0.2, 0.25) is 5.91 Å². The smallest absolute Gasteiger partial charge is 0.243 e. The number of guanidine groups is 1. The van der Waals surface area contributed by atoms with Crippen LogP contribution in [0.25, 0.3) is 0 Å². The van der Waals surface area contributed by atoms with Crippen molar-refractivity contribution in [2.24, 2.45) is 4.99 Å². The summed E-state index contributed by atoms with van der Waals surface area (Å²) in [5, 5.41) is 9.46. The molecule has 0 saturated carbocycles. The summed E-state index contributed by atoms with van der Waals surface area (Å²) in [6.07, 6.45) is 1.81. The fraction of sp³-hybridized carbons (Fsp3) is 0.533. The van der Waals surface area contributed by atoms with Gasteiger partial charge in [-0.25, -0.2) is 9.98 Å². The van der Waals surface area contributed by atoms with E-state index in [9.17, 15) is 4.79 Å². The summed E-state index contributed by atoms with van der Waals surface area (Å²) >= 11 is 1.64. The molecule has 0 aliphatic rings. The molecule has 1 heterocycles. The molecule has 0 aliphatic heterocycles. The Morgan fingerprint density at radius 3 is 2.77 bits per heavy atom. The minimum Gasteiger partial charge on any atom is -0.356 e. The van der Waals surface area contributed by atoms with Gasteiger partial charge in [0, 0.05) is 44.7 Å². The summed E-state index contributed by atoms with van der Waals surface area (Å²) in [4.78, 5) is 21.8. The number of carbonyl (C=O) groups excluding carboxylic acids is 1. The second-order valence-corrected chi connectivity index (χ2v) is 6.34. The Kier molecular flexibility index (Phi) is 7.59. The molecule has 0 saturated heterocycles. The zero-order chi connectivity index (χ0) is 16.5. The minimum absolute atomic E-state index is 0.0376. The maximum Gasteiger partial charge on any atom is 0.243 e. The van der Waals surface area contributed by atoms with Crippen molar-refractivity contribution in [3.8, 4) is 0 Å². The lowest BCUT2D eigenvalue weighted by Gasteiger charge is -2.16. The van der Waals surface area contributed by atoms with E-state index >= 15 is 0 Å². The maximum atomic E-state index is 11.6. The Morgan fingerprint density at radius 2 is 2.23 bits per heavy atom. The van der Waals surface area contributed by atoms with Crippen LogP contribution in [-0.2, 0) is 4.79 Å². The lowest BCUT2D eigenvalue weighted by atomic mass is 10.2. The van der Waals surface area contributed by atoms with E-state index < -0.39 is 0 Å². The first kappa shape index (κ1) is 18.2. The van der Waals surface area contributed by atoms with Crippen molar-refractivity contribution in [3.05, 3.63) is 28.7 Å². The highest BCUT2D eigenvalue weighted by Gasteiger charge is 2.10. The van der Waals surface area contributed by atoms with Gasteiger partial charge in [0.25, 0.3) is 0 Å². The number of rotatable bonds is 7. The van der Waals surface area contributed by atoms with Crippen LogP contribution in [0.4, 0.5) is 0 Å².